The first-order valence-corrected chi connectivity index (χ1v) is 7.04. The molecule has 0 spiro atoms. The van der Waals surface area contributed by atoms with Crippen LogP contribution in [0.1, 0.15) is 34.8 Å². The number of nitrogens with one attached hydrogen (secondary N) is 1. The van der Waals surface area contributed by atoms with Crippen molar-refractivity contribution in [3.05, 3.63) is 16.1 Å². The topological polar surface area (TPSA) is 62.3 Å². The van der Waals surface area contributed by atoms with Crippen LogP contribution < -0.4 is 5.32 Å². The van der Waals surface area contributed by atoms with Crippen LogP contribution in [0.2, 0.25) is 0 Å². The van der Waals surface area contributed by atoms with Crippen LogP contribution in [-0.2, 0) is 4.79 Å². The molecule has 18 heavy (non-hydrogen) atoms. The van der Waals surface area contributed by atoms with Crippen LogP contribution in [0.15, 0.2) is 5.38 Å². The van der Waals surface area contributed by atoms with E-state index in [9.17, 15) is 9.59 Å². The summed E-state index contributed by atoms with van der Waals surface area (Å²) in [5.74, 6) is -0.00736. The largest absolute Gasteiger partial charge is 0.346 e. The lowest BCUT2D eigenvalue weighted by Crippen LogP contribution is -2.37. The summed E-state index contributed by atoms with van der Waals surface area (Å²) in [6.45, 7) is 2.52. The van der Waals surface area contributed by atoms with Gasteiger partial charge in [0.25, 0.3) is 5.91 Å². The molecule has 1 aliphatic heterocycles. The van der Waals surface area contributed by atoms with E-state index < -0.39 is 0 Å². The molecule has 2 amide bonds. The number of rotatable bonds is 3. The predicted octanol–water partition coefficient (Wildman–Crippen LogP) is 0.945. The number of carbonyl (C=O) groups is 2. The van der Waals surface area contributed by atoms with E-state index in [2.05, 4.69) is 10.3 Å². The van der Waals surface area contributed by atoms with Crippen molar-refractivity contribution < 1.29 is 9.59 Å². The quantitative estimate of drug-likeness (QED) is 0.885. The summed E-state index contributed by atoms with van der Waals surface area (Å²) < 4.78 is 0. The number of hydrogen-bond acceptors (Lipinski definition) is 4. The van der Waals surface area contributed by atoms with Crippen LogP contribution in [0.25, 0.3) is 0 Å². The van der Waals surface area contributed by atoms with Crippen LogP contribution in [0.4, 0.5) is 0 Å². The first-order chi connectivity index (χ1) is 8.63. The minimum absolute atomic E-state index is 0.0624. The van der Waals surface area contributed by atoms with Crippen molar-refractivity contribution in [3.63, 3.8) is 0 Å². The molecular formula is C12H15N3O2S. The molecule has 2 heterocycles. The van der Waals surface area contributed by atoms with E-state index in [0.29, 0.717) is 24.7 Å². The highest BCUT2D eigenvalue weighted by Crippen LogP contribution is 2.30. The van der Waals surface area contributed by atoms with Crippen LogP contribution in [0.3, 0.4) is 0 Å². The van der Waals surface area contributed by atoms with Gasteiger partial charge in [0.1, 0.15) is 5.69 Å². The van der Waals surface area contributed by atoms with E-state index in [-0.39, 0.29) is 17.9 Å². The Morgan fingerprint density at radius 1 is 1.56 bits per heavy atom. The van der Waals surface area contributed by atoms with E-state index in [1.54, 1.807) is 5.38 Å². The van der Waals surface area contributed by atoms with Crippen molar-refractivity contribution in [2.75, 3.05) is 6.54 Å². The molecule has 0 unspecified atom stereocenters. The van der Waals surface area contributed by atoms with E-state index in [1.807, 2.05) is 11.8 Å². The lowest BCUT2D eigenvalue weighted by atomic mass is 10.2. The molecule has 96 valence electrons. The van der Waals surface area contributed by atoms with Gasteiger partial charge in [0.2, 0.25) is 5.91 Å². The van der Waals surface area contributed by atoms with Crippen molar-refractivity contribution in [2.24, 2.45) is 0 Å². The summed E-state index contributed by atoms with van der Waals surface area (Å²) in [7, 11) is 0. The molecule has 2 aliphatic rings. The Hall–Kier alpha value is -1.43. The van der Waals surface area contributed by atoms with E-state index in [1.165, 1.54) is 11.3 Å². The van der Waals surface area contributed by atoms with Gasteiger partial charge >= 0.3 is 0 Å². The molecule has 1 aromatic rings. The van der Waals surface area contributed by atoms with E-state index in [4.69, 9.17) is 0 Å². The molecule has 6 heteroatoms. The molecule has 0 bridgehead atoms. The highest BCUT2D eigenvalue weighted by molar-refractivity contribution is 7.09. The number of carbonyl (C=O) groups excluding carboxylic acids is 2. The van der Waals surface area contributed by atoms with Gasteiger partial charge in [0.05, 0.1) is 11.0 Å². The van der Waals surface area contributed by atoms with Gasteiger partial charge in [-0.1, -0.05) is 0 Å². The van der Waals surface area contributed by atoms with Gasteiger partial charge in [0, 0.05) is 24.4 Å². The summed E-state index contributed by atoms with van der Waals surface area (Å²) >= 11 is 1.46. The standard InChI is InChI=1S/C12H15N3O2S/c1-7-13-10(6-18-7)12(17)14-8-4-11(16)15(5-8)9-2-3-9/h6,8-9H,2-5H2,1H3,(H,14,17)/t8-/m0/s1. The maximum absolute atomic E-state index is 11.9. The van der Waals surface area contributed by atoms with Crippen molar-refractivity contribution in [3.8, 4) is 0 Å². The summed E-state index contributed by atoms with van der Waals surface area (Å²) in [5, 5.41) is 5.52. The zero-order valence-corrected chi connectivity index (χ0v) is 11.0. The van der Waals surface area contributed by atoms with Crippen molar-refractivity contribution >= 4 is 23.2 Å². The summed E-state index contributed by atoms with van der Waals surface area (Å²) in [6.07, 6.45) is 2.64. The Morgan fingerprint density at radius 2 is 2.33 bits per heavy atom. The minimum Gasteiger partial charge on any atom is -0.346 e. The second-order valence-corrected chi connectivity index (χ2v) is 5.97. The van der Waals surface area contributed by atoms with Gasteiger partial charge in [0.15, 0.2) is 0 Å². The van der Waals surface area contributed by atoms with Gasteiger partial charge in [-0.3, -0.25) is 9.59 Å². The normalized spacial score (nSPS) is 23.5. The SMILES string of the molecule is Cc1nc(C(=O)N[C@H]2CC(=O)N(C3CC3)C2)cs1. The third-order valence-electron chi connectivity index (χ3n) is 3.33. The lowest BCUT2D eigenvalue weighted by Gasteiger charge is -2.15. The molecule has 1 aliphatic carbocycles. The summed E-state index contributed by atoms with van der Waals surface area (Å²) in [6, 6.07) is 0.369. The molecule has 0 radical (unpaired) electrons. The zero-order chi connectivity index (χ0) is 12.7. The molecular weight excluding hydrogens is 250 g/mol. The second kappa shape index (κ2) is 4.35. The molecule has 1 saturated heterocycles. The Labute approximate surface area is 109 Å². The third-order valence-corrected chi connectivity index (χ3v) is 4.11. The first kappa shape index (κ1) is 11.6. The number of aromatic nitrogens is 1. The molecule has 2 fully saturated rings. The maximum atomic E-state index is 11.9. The average molecular weight is 265 g/mol. The maximum Gasteiger partial charge on any atom is 0.271 e. The van der Waals surface area contributed by atoms with Crippen LogP contribution in [0, 0.1) is 6.92 Å². The Balaban J connectivity index is 1.60. The van der Waals surface area contributed by atoms with Crippen LogP contribution in [0.5, 0.6) is 0 Å². The number of nitrogens with zero attached hydrogens (tertiary/aromatic N) is 2. The Bertz CT molecular complexity index is 495. The Kier molecular flexibility index (Phi) is 2.81. The summed E-state index contributed by atoms with van der Waals surface area (Å²) in [5.41, 5.74) is 0.454. The predicted molar refractivity (Wildman–Crippen MR) is 67.5 cm³/mol. The number of hydrogen-bond donors (Lipinski definition) is 1. The van der Waals surface area contributed by atoms with Gasteiger partial charge in [-0.15, -0.1) is 11.3 Å². The molecule has 1 atom stereocenters. The molecule has 1 saturated carbocycles. The third kappa shape index (κ3) is 2.25. The van der Waals surface area contributed by atoms with Crippen molar-refractivity contribution in [1.82, 2.24) is 15.2 Å². The molecule has 1 N–H and O–H groups in total. The van der Waals surface area contributed by atoms with Gasteiger partial charge in [-0.25, -0.2) is 4.98 Å². The smallest absolute Gasteiger partial charge is 0.271 e. The van der Waals surface area contributed by atoms with E-state index in [0.717, 1.165) is 17.8 Å². The molecule has 5 nitrogen and oxygen atoms in total. The van der Waals surface area contributed by atoms with Crippen LogP contribution in [-0.4, -0.2) is 40.3 Å². The number of aryl methyl sites for hydroxylation is 1. The fraction of sp³-hybridized carbons (Fsp3) is 0.583. The highest BCUT2D eigenvalue weighted by atomic mass is 32.1. The monoisotopic (exact) mass is 265 g/mol. The van der Waals surface area contributed by atoms with Crippen molar-refractivity contribution in [2.45, 2.75) is 38.3 Å². The average Bonchev–Trinajstić information content (AvgIpc) is 2.97. The van der Waals surface area contributed by atoms with Gasteiger partial charge in [-0.2, -0.15) is 0 Å². The second-order valence-electron chi connectivity index (χ2n) is 4.90. The Morgan fingerprint density at radius 3 is 2.94 bits per heavy atom. The van der Waals surface area contributed by atoms with Gasteiger partial charge < -0.3 is 10.2 Å². The van der Waals surface area contributed by atoms with Crippen molar-refractivity contribution in [1.29, 1.82) is 0 Å². The number of amides is 2. The zero-order valence-electron chi connectivity index (χ0n) is 10.2. The van der Waals surface area contributed by atoms with Crippen LogP contribution >= 0.6 is 11.3 Å². The molecule has 3 rings (SSSR count). The number of likely N-dealkylation sites (tertiary alicyclic amines) is 1. The fourth-order valence-corrected chi connectivity index (χ4v) is 2.89. The molecule has 0 aromatic carbocycles. The highest BCUT2D eigenvalue weighted by Gasteiger charge is 2.39. The lowest BCUT2D eigenvalue weighted by molar-refractivity contribution is -0.128. The van der Waals surface area contributed by atoms with E-state index >= 15 is 0 Å². The first-order valence-electron chi connectivity index (χ1n) is 6.16. The molecule has 1 aromatic heterocycles. The van der Waals surface area contributed by atoms with Gasteiger partial charge in [-0.05, 0) is 19.8 Å². The minimum atomic E-state index is -0.171. The number of thiazole rings is 1. The summed E-state index contributed by atoms with van der Waals surface area (Å²) in [4.78, 5) is 29.7. The fourth-order valence-electron chi connectivity index (χ4n) is 2.29.